The second-order valence-corrected chi connectivity index (χ2v) is 3.99. The van der Waals surface area contributed by atoms with Crippen LogP contribution in [-0.4, -0.2) is 28.5 Å². The lowest BCUT2D eigenvalue weighted by molar-refractivity contribution is -0.121. The van der Waals surface area contributed by atoms with Gasteiger partial charge in [-0.1, -0.05) is 18.5 Å². The van der Waals surface area contributed by atoms with Gasteiger partial charge in [0, 0.05) is 19.0 Å². The van der Waals surface area contributed by atoms with Crippen LogP contribution < -0.4 is 10.6 Å². The molecular weight excluding hydrogens is 240 g/mol. The average Bonchev–Trinajstić information content (AvgIpc) is 2.28. The number of aromatic nitrogens is 2. The van der Waals surface area contributed by atoms with Crippen molar-refractivity contribution in [3.63, 3.8) is 0 Å². The Hall–Kier alpha value is -1.36. The predicted molar refractivity (Wildman–Crippen MR) is 68.2 cm³/mol. The second kappa shape index (κ2) is 6.39. The number of nitrogens with zero attached hydrogens (tertiary/aromatic N) is 2. The Bertz CT molecular complexity index is 397. The van der Waals surface area contributed by atoms with Crippen LogP contribution in [0, 0.1) is 0 Å². The van der Waals surface area contributed by atoms with E-state index in [4.69, 9.17) is 11.6 Å². The van der Waals surface area contributed by atoms with Gasteiger partial charge in [0.2, 0.25) is 5.91 Å². The maximum absolute atomic E-state index is 11.5. The molecule has 0 saturated heterocycles. The van der Waals surface area contributed by atoms with E-state index in [-0.39, 0.29) is 11.9 Å². The van der Waals surface area contributed by atoms with Gasteiger partial charge in [0.15, 0.2) is 0 Å². The molecular formula is C11H17ClN4O. The number of likely N-dealkylation sites (N-methyl/N-ethyl adjacent to an activating group) is 1. The summed E-state index contributed by atoms with van der Waals surface area (Å²) in [6.07, 6.45) is 0.699. The Morgan fingerprint density at radius 2 is 2.18 bits per heavy atom. The van der Waals surface area contributed by atoms with Gasteiger partial charge < -0.3 is 10.6 Å². The zero-order chi connectivity index (χ0) is 12.8. The van der Waals surface area contributed by atoms with Crippen molar-refractivity contribution in [3.8, 4) is 0 Å². The molecule has 1 amide bonds. The number of amides is 1. The Kier molecular flexibility index (Phi) is 5.15. The highest BCUT2D eigenvalue weighted by Crippen LogP contribution is 2.12. The highest BCUT2D eigenvalue weighted by Gasteiger charge is 2.12. The monoisotopic (exact) mass is 256 g/mol. The Morgan fingerprint density at radius 3 is 2.76 bits per heavy atom. The average molecular weight is 257 g/mol. The highest BCUT2D eigenvalue weighted by molar-refractivity contribution is 6.29. The van der Waals surface area contributed by atoms with Crippen LogP contribution in [0.1, 0.15) is 26.6 Å². The number of hydrogen-bond acceptors (Lipinski definition) is 4. The quantitative estimate of drug-likeness (QED) is 0.786. The molecule has 2 N–H and O–H groups in total. The van der Waals surface area contributed by atoms with E-state index in [0.29, 0.717) is 29.8 Å². The zero-order valence-corrected chi connectivity index (χ0v) is 11.0. The molecule has 1 unspecified atom stereocenters. The zero-order valence-electron chi connectivity index (χ0n) is 10.2. The molecule has 0 aliphatic rings. The van der Waals surface area contributed by atoms with Gasteiger partial charge in [-0.15, -0.1) is 0 Å². The standard InChI is InChI=1S/C11H17ClN4O/c1-4-9-15-8(12)6-10(16-9)14-7(3)11(17)13-5-2/h6-7H,4-5H2,1-3H3,(H,13,17)(H,14,15,16). The first kappa shape index (κ1) is 13.7. The largest absolute Gasteiger partial charge is 0.358 e. The van der Waals surface area contributed by atoms with Crippen LogP contribution >= 0.6 is 11.6 Å². The van der Waals surface area contributed by atoms with Crippen LogP contribution in [-0.2, 0) is 11.2 Å². The molecule has 0 spiro atoms. The van der Waals surface area contributed by atoms with Crippen molar-refractivity contribution in [1.82, 2.24) is 15.3 Å². The SMILES string of the molecule is CCNC(=O)C(C)Nc1cc(Cl)nc(CC)n1. The van der Waals surface area contributed by atoms with E-state index in [1.165, 1.54) is 0 Å². The Balaban J connectivity index is 2.73. The second-order valence-electron chi connectivity index (χ2n) is 3.61. The molecule has 1 heterocycles. The summed E-state index contributed by atoms with van der Waals surface area (Å²) in [5.41, 5.74) is 0. The van der Waals surface area contributed by atoms with Crippen molar-refractivity contribution in [1.29, 1.82) is 0 Å². The molecule has 17 heavy (non-hydrogen) atoms. The Morgan fingerprint density at radius 1 is 1.47 bits per heavy atom. The summed E-state index contributed by atoms with van der Waals surface area (Å²) in [4.78, 5) is 19.8. The summed E-state index contributed by atoms with van der Waals surface area (Å²) in [5, 5.41) is 6.10. The predicted octanol–water partition coefficient (Wildman–Crippen LogP) is 1.63. The minimum Gasteiger partial charge on any atom is -0.358 e. The summed E-state index contributed by atoms with van der Waals surface area (Å²) in [6.45, 7) is 6.20. The molecule has 0 radical (unpaired) electrons. The molecule has 0 saturated carbocycles. The van der Waals surface area contributed by atoms with Gasteiger partial charge in [-0.3, -0.25) is 4.79 Å². The number of nitrogens with one attached hydrogen (secondary N) is 2. The molecule has 0 fully saturated rings. The first-order valence-corrected chi connectivity index (χ1v) is 6.02. The summed E-state index contributed by atoms with van der Waals surface area (Å²) < 4.78 is 0. The fourth-order valence-corrected chi connectivity index (χ4v) is 1.51. The first-order chi connectivity index (χ1) is 8.06. The van der Waals surface area contributed by atoms with Gasteiger partial charge in [-0.25, -0.2) is 9.97 Å². The third kappa shape index (κ3) is 4.19. The van der Waals surface area contributed by atoms with Crippen LogP contribution in [0.3, 0.4) is 0 Å². The van der Waals surface area contributed by atoms with Crippen molar-refractivity contribution in [2.45, 2.75) is 33.2 Å². The third-order valence-electron chi connectivity index (χ3n) is 2.17. The normalized spacial score (nSPS) is 12.0. The van der Waals surface area contributed by atoms with Crippen LogP contribution in [0.25, 0.3) is 0 Å². The molecule has 1 aromatic heterocycles. The van der Waals surface area contributed by atoms with Gasteiger partial charge in [0.1, 0.15) is 22.8 Å². The van der Waals surface area contributed by atoms with Gasteiger partial charge in [0.05, 0.1) is 0 Å². The molecule has 1 atom stereocenters. The molecule has 0 aliphatic carbocycles. The third-order valence-corrected chi connectivity index (χ3v) is 2.36. The van der Waals surface area contributed by atoms with E-state index in [0.717, 1.165) is 0 Å². The van der Waals surface area contributed by atoms with E-state index < -0.39 is 0 Å². The van der Waals surface area contributed by atoms with Crippen molar-refractivity contribution in [2.24, 2.45) is 0 Å². The molecule has 5 nitrogen and oxygen atoms in total. The molecule has 1 aromatic rings. The topological polar surface area (TPSA) is 66.9 Å². The maximum Gasteiger partial charge on any atom is 0.242 e. The molecule has 1 rings (SSSR count). The number of carbonyl (C=O) groups is 1. The minimum absolute atomic E-state index is 0.0692. The first-order valence-electron chi connectivity index (χ1n) is 5.64. The number of rotatable bonds is 5. The molecule has 6 heteroatoms. The lowest BCUT2D eigenvalue weighted by Crippen LogP contribution is -2.37. The molecule has 0 bridgehead atoms. The van der Waals surface area contributed by atoms with Gasteiger partial charge >= 0.3 is 0 Å². The van der Waals surface area contributed by atoms with E-state index in [9.17, 15) is 4.79 Å². The number of hydrogen-bond donors (Lipinski definition) is 2. The number of anilines is 1. The number of halogens is 1. The summed E-state index contributed by atoms with van der Waals surface area (Å²) >= 11 is 5.86. The summed E-state index contributed by atoms with van der Waals surface area (Å²) in [7, 11) is 0. The van der Waals surface area contributed by atoms with Gasteiger partial charge in [0.25, 0.3) is 0 Å². The van der Waals surface area contributed by atoms with Crippen molar-refractivity contribution >= 4 is 23.3 Å². The molecule has 0 aliphatic heterocycles. The maximum atomic E-state index is 11.5. The van der Waals surface area contributed by atoms with E-state index in [1.54, 1.807) is 13.0 Å². The molecule has 94 valence electrons. The van der Waals surface area contributed by atoms with Gasteiger partial charge in [-0.2, -0.15) is 0 Å². The fourth-order valence-electron chi connectivity index (χ4n) is 1.31. The van der Waals surface area contributed by atoms with Crippen molar-refractivity contribution < 1.29 is 4.79 Å². The van der Waals surface area contributed by atoms with Crippen LogP contribution in [0.4, 0.5) is 5.82 Å². The lowest BCUT2D eigenvalue weighted by Gasteiger charge is -2.14. The molecule has 0 aromatic carbocycles. The number of carbonyl (C=O) groups excluding carboxylic acids is 1. The fraction of sp³-hybridized carbons (Fsp3) is 0.545. The van der Waals surface area contributed by atoms with Crippen molar-refractivity contribution in [3.05, 3.63) is 17.0 Å². The van der Waals surface area contributed by atoms with Crippen LogP contribution in [0.5, 0.6) is 0 Å². The van der Waals surface area contributed by atoms with E-state index in [1.807, 2.05) is 13.8 Å². The smallest absolute Gasteiger partial charge is 0.242 e. The van der Waals surface area contributed by atoms with Gasteiger partial charge in [-0.05, 0) is 13.8 Å². The Labute approximate surface area is 106 Å². The van der Waals surface area contributed by atoms with Crippen LogP contribution in [0.15, 0.2) is 6.07 Å². The number of aryl methyl sites for hydroxylation is 1. The summed E-state index contributed by atoms with van der Waals surface area (Å²) in [6, 6.07) is 1.25. The van der Waals surface area contributed by atoms with Crippen LogP contribution in [0.2, 0.25) is 5.15 Å². The van der Waals surface area contributed by atoms with E-state index in [2.05, 4.69) is 20.6 Å². The highest BCUT2D eigenvalue weighted by atomic mass is 35.5. The summed E-state index contributed by atoms with van der Waals surface area (Å²) in [5.74, 6) is 1.16. The van der Waals surface area contributed by atoms with E-state index >= 15 is 0 Å². The lowest BCUT2D eigenvalue weighted by atomic mass is 10.3. The van der Waals surface area contributed by atoms with Crippen molar-refractivity contribution in [2.75, 3.05) is 11.9 Å². The minimum atomic E-state index is -0.356.